The van der Waals surface area contributed by atoms with Crippen molar-refractivity contribution in [1.29, 1.82) is 0 Å². The van der Waals surface area contributed by atoms with Crippen molar-refractivity contribution in [2.75, 3.05) is 18.6 Å². The Balaban J connectivity index is 1.83. The number of benzene rings is 2. The zero-order chi connectivity index (χ0) is 16.4. The molecule has 1 aliphatic heterocycles. The summed E-state index contributed by atoms with van der Waals surface area (Å²) in [4.78, 5) is 26.5. The normalized spacial score (nSPS) is 13.7. The molecule has 118 valence electrons. The molecule has 1 aliphatic rings. The molecule has 3 rings (SSSR count). The summed E-state index contributed by atoms with van der Waals surface area (Å²) < 4.78 is 5.13. The van der Waals surface area contributed by atoms with Crippen LogP contribution in [0.25, 0.3) is 0 Å². The van der Waals surface area contributed by atoms with Gasteiger partial charge < -0.3 is 9.64 Å². The average molecular weight is 309 g/mol. The van der Waals surface area contributed by atoms with Gasteiger partial charge in [-0.25, -0.2) is 0 Å². The minimum Gasteiger partial charge on any atom is -0.497 e. The quantitative estimate of drug-likeness (QED) is 0.875. The first-order chi connectivity index (χ1) is 11.1. The Hall–Kier alpha value is -2.62. The van der Waals surface area contributed by atoms with E-state index in [1.54, 1.807) is 12.0 Å². The molecule has 0 spiro atoms. The fraction of sp³-hybridized carbons (Fsp3) is 0.263. The van der Waals surface area contributed by atoms with E-state index in [-0.39, 0.29) is 11.7 Å². The van der Waals surface area contributed by atoms with Gasteiger partial charge in [0.25, 0.3) is 0 Å². The van der Waals surface area contributed by atoms with Crippen molar-refractivity contribution >= 4 is 17.4 Å². The highest BCUT2D eigenvalue weighted by molar-refractivity contribution is 6.09. The first-order valence-corrected chi connectivity index (χ1v) is 7.65. The van der Waals surface area contributed by atoms with Crippen LogP contribution < -0.4 is 9.64 Å². The van der Waals surface area contributed by atoms with E-state index in [2.05, 4.69) is 0 Å². The van der Waals surface area contributed by atoms with Crippen molar-refractivity contribution in [3.63, 3.8) is 0 Å². The van der Waals surface area contributed by atoms with Gasteiger partial charge in [-0.15, -0.1) is 0 Å². The molecular weight excluding hydrogens is 290 g/mol. The minimum absolute atomic E-state index is 0.00719. The van der Waals surface area contributed by atoms with E-state index in [0.29, 0.717) is 24.9 Å². The highest BCUT2D eigenvalue weighted by Gasteiger charge is 2.27. The van der Waals surface area contributed by atoms with Gasteiger partial charge in [-0.05, 0) is 36.8 Å². The minimum atomic E-state index is 0.00719. The number of methoxy groups -OCH3 is 1. The number of aryl methyl sites for hydroxylation is 1. The Morgan fingerprint density at radius 3 is 2.61 bits per heavy atom. The van der Waals surface area contributed by atoms with Gasteiger partial charge in [0.1, 0.15) is 5.75 Å². The number of carbonyl (C=O) groups is 2. The average Bonchev–Trinajstić information content (AvgIpc) is 2.56. The van der Waals surface area contributed by atoms with Crippen molar-refractivity contribution in [2.45, 2.75) is 19.8 Å². The van der Waals surface area contributed by atoms with Crippen LogP contribution in [0.3, 0.4) is 0 Å². The number of carbonyl (C=O) groups excluding carboxylic acids is 2. The lowest BCUT2D eigenvalue weighted by Gasteiger charge is -2.29. The Labute approximate surface area is 135 Å². The van der Waals surface area contributed by atoms with Crippen LogP contribution in [-0.4, -0.2) is 25.3 Å². The summed E-state index contributed by atoms with van der Waals surface area (Å²) >= 11 is 0. The molecule has 2 aromatic carbocycles. The van der Waals surface area contributed by atoms with Crippen molar-refractivity contribution < 1.29 is 14.3 Å². The number of hydrogen-bond acceptors (Lipinski definition) is 3. The van der Waals surface area contributed by atoms with Crippen LogP contribution in [0.15, 0.2) is 42.5 Å². The third-order valence-electron chi connectivity index (χ3n) is 4.12. The zero-order valence-electron chi connectivity index (χ0n) is 13.3. The van der Waals surface area contributed by atoms with Gasteiger partial charge in [0, 0.05) is 18.5 Å². The number of ether oxygens (including phenoxy) is 1. The summed E-state index contributed by atoms with van der Waals surface area (Å²) in [5.41, 5.74) is 3.34. The third-order valence-corrected chi connectivity index (χ3v) is 4.12. The molecular formula is C19H19NO3. The molecule has 0 unspecified atom stereocenters. The largest absolute Gasteiger partial charge is 0.497 e. The van der Waals surface area contributed by atoms with Crippen LogP contribution in [0.2, 0.25) is 0 Å². The molecule has 0 saturated carbocycles. The predicted octanol–water partition coefficient (Wildman–Crippen LogP) is 3.17. The second-order valence-corrected chi connectivity index (χ2v) is 5.76. The summed E-state index contributed by atoms with van der Waals surface area (Å²) in [6, 6.07) is 13.1. The van der Waals surface area contributed by atoms with Crippen LogP contribution in [0, 0.1) is 6.92 Å². The molecule has 23 heavy (non-hydrogen) atoms. The maximum absolute atomic E-state index is 12.7. The van der Waals surface area contributed by atoms with Gasteiger partial charge in [0.2, 0.25) is 5.91 Å². The number of ketones is 1. The van der Waals surface area contributed by atoms with Crippen LogP contribution in [0.1, 0.15) is 27.9 Å². The molecule has 0 aromatic heterocycles. The maximum atomic E-state index is 12.7. The third kappa shape index (κ3) is 3.11. The maximum Gasteiger partial charge on any atom is 0.231 e. The van der Waals surface area contributed by atoms with Crippen molar-refractivity contribution in [2.24, 2.45) is 0 Å². The van der Waals surface area contributed by atoms with Crippen molar-refractivity contribution in [3.8, 4) is 5.75 Å². The van der Waals surface area contributed by atoms with Crippen LogP contribution in [-0.2, 0) is 11.2 Å². The molecule has 0 saturated heterocycles. The summed E-state index contributed by atoms with van der Waals surface area (Å²) in [6.07, 6.45) is 0.691. The van der Waals surface area contributed by atoms with E-state index in [1.165, 1.54) is 0 Å². The van der Waals surface area contributed by atoms with Gasteiger partial charge >= 0.3 is 0 Å². The number of rotatable bonds is 3. The molecule has 4 nitrogen and oxygen atoms in total. The SMILES string of the molecule is COc1ccc(CC(=O)N2CCC(=O)c3cc(C)ccc32)cc1. The van der Waals surface area contributed by atoms with Crippen LogP contribution >= 0.6 is 0 Å². The number of amides is 1. The van der Waals surface area contributed by atoms with E-state index in [9.17, 15) is 9.59 Å². The molecule has 0 fully saturated rings. The zero-order valence-corrected chi connectivity index (χ0v) is 13.3. The van der Waals surface area contributed by atoms with Gasteiger partial charge in [0.15, 0.2) is 5.78 Å². The van der Waals surface area contributed by atoms with Gasteiger partial charge in [0.05, 0.1) is 19.2 Å². The van der Waals surface area contributed by atoms with Gasteiger partial charge in [-0.3, -0.25) is 9.59 Å². The van der Waals surface area contributed by atoms with Crippen LogP contribution in [0.5, 0.6) is 5.75 Å². The molecule has 1 heterocycles. The Morgan fingerprint density at radius 2 is 1.91 bits per heavy atom. The summed E-state index contributed by atoms with van der Waals surface area (Å²) in [7, 11) is 1.61. The highest BCUT2D eigenvalue weighted by Crippen LogP contribution is 2.28. The molecule has 0 bridgehead atoms. The molecule has 1 amide bonds. The molecule has 0 aliphatic carbocycles. The Bertz CT molecular complexity index is 750. The number of nitrogens with zero attached hydrogens (tertiary/aromatic N) is 1. The Morgan fingerprint density at radius 1 is 1.17 bits per heavy atom. The first-order valence-electron chi connectivity index (χ1n) is 7.65. The lowest BCUT2D eigenvalue weighted by molar-refractivity contribution is -0.118. The smallest absolute Gasteiger partial charge is 0.231 e. The first kappa shape index (κ1) is 15.3. The summed E-state index contributed by atoms with van der Waals surface area (Å²) in [5, 5.41) is 0. The second-order valence-electron chi connectivity index (χ2n) is 5.76. The highest BCUT2D eigenvalue weighted by atomic mass is 16.5. The fourth-order valence-electron chi connectivity index (χ4n) is 2.85. The number of fused-ring (bicyclic) bond motifs is 1. The van der Waals surface area contributed by atoms with Crippen LogP contribution in [0.4, 0.5) is 5.69 Å². The standard InChI is InChI=1S/C19H19NO3/c1-13-3-8-17-16(11-13)18(21)9-10-20(17)19(22)12-14-4-6-15(23-2)7-5-14/h3-8,11H,9-10,12H2,1-2H3. The van der Waals surface area contributed by atoms with Crippen molar-refractivity contribution in [3.05, 3.63) is 59.2 Å². The topological polar surface area (TPSA) is 46.6 Å². The monoisotopic (exact) mass is 309 g/mol. The van der Waals surface area contributed by atoms with Gasteiger partial charge in [-0.1, -0.05) is 23.8 Å². The second kappa shape index (κ2) is 6.24. The van der Waals surface area contributed by atoms with E-state index in [0.717, 1.165) is 22.6 Å². The number of hydrogen-bond donors (Lipinski definition) is 0. The van der Waals surface area contributed by atoms with Crippen molar-refractivity contribution in [1.82, 2.24) is 0 Å². The molecule has 2 aromatic rings. The summed E-state index contributed by atoms with van der Waals surface area (Å²) in [6.45, 7) is 2.40. The lowest BCUT2D eigenvalue weighted by atomic mass is 9.97. The molecule has 4 heteroatoms. The van der Waals surface area contributed by atoms with E-state index >= 15 is 0 Å². The number of anilines is 1. The lowest BCUT2D eigenvalue weighted by Crippen LogP contribution is -2.38. The molecule has 0 atom stereocenters. The number of Topliss-reactive ketones (excluding diaryl/α,β-unsaturated/α-hetero) is 1. The molecule has 0 radical (unpaired) electrons. The fourth-order valence-corrected chi connectivity index (χ4v) is 2.85. The van der Waals surface area contributed by atoms with Gasteiger partial charge in [-0.2, -0.15) is 0 Å². The van der Waals surface area contributed by atoms with E-state index in [4.69, 9.17) is 4.74 Å². The molecule has 0 N–H and O–H groups in total. The van der Waals surface area contributed by atoms with E-state index in [1.807, 2.05) is 49.4 Å². The Kier molecular flexibility index (Phi) is 4.15. The summed E-state index contributed by atoms with van der Waals surface area (Å²) in [5.74, 6) is 0.885. The van der Waals surface area contributed by atoms with E-state index < -0.39 is 0 Å². The predicted molar refractivity (Wildman–Crippen MR) is 89.2 cm³/mol.